The molecule has 0 atom stereocenters. The third-order valence-corrected chi connectivity index (χ3v) is 5.34. The zero-order chi connectivity index (χ0) is 13.0. The lowest BCUT2D eigenvalue weighted by Gasteiger charge is -2.27. The summed E-state index contributed by atoms with van der Waals surface area (Å²) in [6.45, 7) is 0.857. The van der Waals surface area contributed by atoms with Crippen molar-refractivity contribution in [3.05, 3.63) is 22.8 Å². The average Bonchev–Trinajstić information content (AvgIpc) is 2.87. The summed E-state index contributed by atoms with van der Waals surface area (Å²) >= 11 is 8.05. The molecule has 18 heavy (non-hydrogen) atoms. The molecule has 0 bridgehead atoms. The summed E-state index contributed by atoms with van der Waals surface area (Å²) < 4.78 is 0.299. The first-order valence-electron chi connectivity index (χ1n) is 6.04. The third-order valence-electron chi connectivity index (χ3n) is 3.54. The second-order valence-corrected chi connectivity index (χ2v) is 6.23. The zero-order valence-corrected chi connectivity index (χ0v) is 11.9. The summed E-state index contributed by atoms with van der Waals surface area (Å²) in [6, 6.07) is 3.70. The van der Waals surface area contributed by atoms with E-state index in [4.69, 9.17) is 16.9 Å². The molecule has 0 unspecified atom stereocenters. The van der Waals surface area contributed by atoms with Crippen LogP contribution in [0.5, 0.6) is 0 Å². The fourth-order valence-electron chi connectivity index (χ4n) is 2.37. The van der Waals surface area contributed by atoms with Gasteiger partial charge in [0.25, 0.3) is 0 Å². The highest BCUT2D eigenvalue weighted by Gasteiger charge is 2.32. The van der Waals surface area contributed by atoms with Crippen LogP contribution in [0.2, 0.25) is 5.02 Å². The van der Waals surface area contributed by atoms with Crippen LogP contribution in [0.1, 0.15) is 31.2 Å². The van der Waals surface area contributed by atoms with E-state index >= 15 is 0 Å². The lowest BCUT2D eigenvalue weighted by molar-refractivity contribution is 0.638. The quantitative estimate of drug-likeness (QED) is 0.914. The summed E-state index contributed by atoms with van der Waals surface area (Å²) in [5.41, 5.74) is 0.471. The Kier molecular flexibility index (Phi) is 4.36. The minimum absolute atomic E-state index is 0.299. The summed E-state index contributed by atoms with van der Waals surface area (Å²) in [5.74, 6) is 0.621. The molecular weight excluding hydrogens is 266 g/mol. The number of aromatic nitrogens is 1. The molecule has 2 rings (SSSR count). The van der Waals surface area contributed by atoms with Gasteiger partial charge in [0.2, 0.25) is 0 Å². The fourth-order valence-corrected chi connectivity index (χ4v) is 3.50. The molecule has 0 amide bonds. The molecule has 1 N–H and O–H groups in total. The van der Waals surface area contributed by atoms with E-state index in [-0.39, 0.29) is 0 Å². The number of rotatable bonds is 4. The number of hydrogen-bond donors (Lipinski definition) is 1. The van der Waals surface area contributed by atoms with Crippen molar-refractivity contribution in [2.75, 3.05) is 18.1 Å². The first-order valence-corrected chi connectivity index (χ1v) is 7.65. The van der Waals surface area contributed by atoms with E-state index in [9.17, 15) is 0 Å². The number of anilines is 1. The van der Waals surface area contributed by atoms with E-state index in [0.717, 1.165) is 6.54 Å². The summed E-state index contributed by atoms with van der Waals surface area (Å²) in [6.07, 6.45) is 8.83. The second kappa shape index (κ2) is 5.81. The summed E-state index contributed by atoms with van der Waals surface area (Å²) in [4.78, 5) is 4.21. The molecule has 96 valence electrons. The van der Waals surface area contributed by atoms with Crippen molar-refractivity contribution in [1.29, 1.82) is 5.26 Å². The molecule has 5 heteroatoms. The number of hydrogen-bond acceptors (Lipinski definition) is 4. The number of halogens is 1. The van der Waals surface area contributed by atoms with Gasteiger partial charge >= 0.3 is 0 Å². The van der Waals surface area contributed by atoms with Gasteiger partial charge in [-0.3, -0.25) is 0 Å². The highest BCUT2D eigenvalue weighted by molar-refractivity contribution is 8.00. The number of nitriles is 1. The van der Waals surface area contributed by atoms with Gasteiger partial charge in [-0.1, -0.05) is 24.4 Å². The molecule has 1 fully saturated rings. The molecule has 0 spiro atoms. The number of pyridine rings is 1. The molecular formula is C13H16ClN3S. The molecule has 0 aromatic carbocycles. The predicted molar refractivity (Wildman–Crippen MR) is 77.2 cm³/mol. The topological polar surface area (TPSA) is 48.7 Å². The molecule has 1 aliphatic carbocycles. The standard InChI is InChI=1S/C13H16ClN3S/c1-18-13(5-2-3-6-13)9-17-12-11(14)10(8-15)4-7-16-12/h4,7H,2-3,5-6,9H2,1H3,(H,16,17). The average molecular weight is 282 g/mol. The van der Waals surface area contributed by atoms with Gasteiger partial charge in [0.1, 0.15) is 16.9 Å². The lowest BCUT2D eigenvalue weighted by atomic mass is 10.1. The predicted octanol–water partition coefficient (Wildman–Crippen LogP) is 3.69. The van der Waals surface area contributed by atoms with E-state index in [1.807, 2.05) is 11.8 Å². The van der Waals surface area contributed by atoms with Crippen LogP contribution in [-0.2, 0) is 0 Å². The maximum Gasteiger partial charge on any atom is 0.146 e. The molecule has 1 heterocycles. The maximum absolute atomic E-state index is 8.93. The lowest BCUT2D eigenvalue weighted by Crippen LogP contribution is -2.30. The van der Waals surface area contributed by atoms with Gasteiger partial charge in [-0.15, -0.1) is 0 Å². The number of nitrogens with one attached hydrogen (secondary N) is 1. The Morgan fingerprint density at radius 2 is 2.28 bits per heavy atom. The van der Waals surface area contributed by atoms with E-state index in [0.29, 0.717) is 21.2 Å². The van der Waals surface area contributed by atoms with Crippen LogP contribution in [-0.4, -0.2) is 22.5 Å². The Hall–Kier alpha value is -0.920. The first-order chi connectivity index (χ1) is 8.71. The molecule has 0 saturated heterocycles. The van der Waals surface area contributed by atoms with Gasteiger partial charge in [0.05, 0.1) is 5.56 Å². The molecule has 0 aliphatic heterocycles. The van der Waals surface area contributed by atoms with Crippen molar-refractivity contribution in [3.63, 3.8) is 0 Å². The van der Waals surface area contributed by atoms with Crippen LogP contribution >= 0.6 is 23.4 Å². The second-order valence-electron chi connectivity index (χ2n) is 4.58. The van der Waals surface area contributed by atoms with Crippen molar-refractivity contribution >= 4 is 29.2 Å². The van der Waals surface area contributed by atoms with E-state index in [1.165, 1.54) is 25.7 Å². The van der Waals surface area contributed by atoms with Crippen molar-refractivity contribution in [2.24, 2.45) is 0 Å². The van der Waals surface area contributed by atoms with Gasteiger partial charge in [0, 0.05) is 17.5 Å². The van der Waals surface area contributed by atoms with Crippen LogP contribution in [0.4, 0.5) is 5.82 Å². The van der Waals surface area contributed by atoms with E-state index in [1.54, 1.807) is 12.3 Å². The largest absolute Gasteiger partial charge is 0.367 e. The van der Waals surface area contributed by atoms with Crippen molar-refractivity contribution in [1.82, 2.24) is 4.98 Å². The van der Waals surface area contributed by atoms with Crippen LogP contribution < -0.4 is 5.32 Å². The Bertz CT molecular complexity index is 464. The van der Waals surface area contributed by atoms with Crippen molar-refractivity contribution in [2.45, 2.75) is 30.4 Å². The van der Waals surface area contributed by atoms with Gasteiger partial charge in [0.15, 0.2) is 0 Å². The highest BCUT2D eigenvalue weighted by atomic mass is 35.5. The first kappa shape index (κ1) is 13.5. The SMILES string of the molecule is CSC1(CNc2nccc(C#N)c2Cl)CCCC1. The van der Waals surface area contributed by atoms with Crippen LogP contribution in [0.25, 0.3) is 0 Å². The van der Waals surface area contributed by atoms with Gasteiger partial charge in [-0.05, 0) is 25.2 Å². The summed E-state index contributed by atoms with van der Waals surface area (Å²) in [7, 11) is 0. The van der Waals surface area contributed by atoms with Crippen LogP contribution in [0.3, 0.4) is 0 Å². The Balaban J connectivity index is 2.08. The van der Waals surface area contributed by atoms with Gasteiger partial charge in [-0.25, -0.2) is 4.98 Å². The smallest absolute Gasteiger partial charge is 0.146 e. The minimum atomic E-state index is 0.299. The van der Waals surface area contributed by atoms with Crippen molar-refractivity contribution < 1.29 is 0 Å². The van der Waals surface area contributed by atoms with E-state index < -0.39 is 0 Å². The van der Waals surface area contributed by atoms with Crippen molar-refractivity contribution in [3.8, 4) is 6.07 Å². The third kappa shape index (κ3) is 2.73. The summed E-state index contributed by atoms with van der Waals surface area (Å²) in [5, 5.41) is 12.7. The van der Waals surface area contributed by atoms with Gasteiger partial charge < -0.3 is 5.32 Å². The monoisotopic (exact) mass is 281 g/mol. The Labute approximate surface area is 117 Å². The Morgan fingerprint density at radius 3 is 2.89 bits per heavy atom. The molecule has 1 aliphatic rings. The molecule has 1 aromatic rings. The molecule has 1 saturated carbocycles. The molecule has 1 aromatic heterocycles. The minimum Gasteiger partial charge on any atom is -0.367 e. The van der Waals surface area contributed by atoms with Crippen LogP contribution in [0, 0.1) is 11.3 Å². The fraction of sp³-hybridized carbons (Fsp3) is 0.538. The number of thioether (sulfide) groups is 1. The normalized spacial score (nSPS) is 17.4. The highest BCUT2D eigenvalue weighted by Crippen LogP contribution is 2.40. The van der Waals surface area contributed by atoms with E-state index in [2.05, 4.69) is 22.6 Å². The molecule has 3 nitrogen and oxygen atoms in total. The maximum atomic E-state index is 8.93. The number of nitrogens with zero attached hydrogens (tertiary/aromatic N) is 2. The Morgan fingerprint density at radius 1 is 1.56 bits per heavy atom. The molecule has 0 radical (unpaired) electrons. The zero-order valence-electron chi connectivity index (χ0n) is 10.4. The van der Waals surface area contributed by atoms with Crippen LogP contribution in [0.15, 0.2) is 12.3 Å². The van der Waals surface area contributed by atoms with Gasteiger partial charge in [-0.2, -0.15) is 17.0 Å².